The van der Waals surface area contributed by atoms with E-state index >= 15 is 0 Å². The molecule has 0 amide bonds. The maximum Gasteiger partial charge on any atom is 0.222 e. The lowest BCUT2D eigenvalue weighted by atomic mass is 9.82. The van der Waals surface area contributed by atoms with Crippen LogP contribution in [0.1, 0.15) is 48.9 Å². The maximum absolute atomic E-state index is 9.46. The molecule has 0 radical (unpaired) electrons. The predicted molar refractivity (Wildman–Crippen MR) is 112 cm³/mol. The molecule has 3 rings (SSSR count). The van der Waals surface area contributed by atoms with Gasteiger partial charge in [0, 0.05) is 38.0 Å². The second-order valence-corrected chi connectivity index (χ2v) is 7.31. The third kappa shape index (κ3) is 5.06. The van der Waals surface area contributed by atoms with E-state index in [4.69, 9.17) is 4.98 Å². The zero-order chi connectivity index (χ0) is 19.8. The molecule has 2 unspecified atom stereocenters. The summed E-state index contributed by atoms with van der Waals surface area (Å²) in [6, 6.07) is 10.3. The highest BCUT2D eigenvalue weighted by Gasteiger charge is 2.27. The normalized spacial score (nSPS) is 18.3. The highest BCUT2D eigenvalue weighted by atomic mass is 16.4. The van der Waals surface area contributed by atoms with Crippen LogP contribution in [0.5, 0.6) is 0 Å². The summed E-state index contributed by atoms with van der Waals surface area (Å²) >= 11 is 0. The van der Waals surface area contributed by atoms with Crippen LogP contribution in [0.3, 0.4) is 0 Å². The van der Waals surface area contributed by atoms with Crippen LogP contribution in [-0.2, 0) is 6.42 Å². The molecular formula is C21H28N6O. The van der Waals surface area contributed by atoms with Gasteiger partial charge in [0.25, 0.3) is 0 Å². The quantitative estimate of drug-likeness (QED) is 0.268. The Morgan fingerprint density at radius 2 is 2.11 bits per heavy atom. The fraction of sp³-hybridized carbons (Fsp3) is 0.429. The first-order valence-electron chi connectivity index (χ1n) is 9.76. The zero-order valence-electron chi connectivity index (χ0n) is 16.3. The van der Waals surface area contributed by atoms with E-state index in [2.05, 4.69) is 51.8 Å². The minimum atomic E-state index is 0.258. The Balaban J connectivity index is 1.62. The van der Waals surface area contributed by atoms with Crippen molar-refractivity contribution < 1.29 is 5.21 Å². The molecule has 7 nitrogen and oxygen atoms in total. The van der Waals surface area contributed by atoms with E-state index in [1.807, 2.05) is 18.2 Å². The van der Waals surface area contributed by atoms with Crippen molar-refractivity contribution in [3.8, 4) is 0 Å². The SMILES string of the molecule is C=NNCC(C)CCCNc1ncc2c(n1)CC(c1ccccc1)C/C2=N\O. The van der Waals surface area contributed by atoms with Gasteiger partial charge in [-0.2, -0.15) is 5.10 Å². The highest BCUT2D eigenvalue weighted by Crippen LogP contribution is 2.32. The molecule has 1 aromatic heterocycles. The summed E-state index contributed by atoms with van der Waals surface area (Å²) in [4.78, 5) is 9.11. The summed E-state index contributed by atoms with van der Waals surface area (Å²) in [5.74, 6) is 1.42. The molecule has 2 aromatic rings. The van der Waals surface area contributed by atoms with E-state index in [1.165, 1.54) is 5.56 Å². The molecule has 0 aliphatic heterocycles. The molecule has 7 heteroatoms. The van der Waals surface area contributed by atoms with Gasteiger partial charge in [-0.1, -0.05) is 42.4 Å². The van der Waals surface area contributed by atoms with E-state index in [0.717, 1.165) is 43.6 Å². The van der Waals surface area contributed by atoms with Gasteiger partial charge in [-0.15, -0.1) is 0 Å². The number of hydrazone groups is 1. The van der Waals surface area contributed by atoms with Crippen LogP contribution in [-0.4, -0.2) is 40.7 Å². The Hall–Kier alpha value is -2.96. The fourth-order valence-electron chi connectivity index (χ4n) is 3.58. The predicted octanol–water partition coefficient (Wildman–Crippen LogP) is 3.42. The van der Waals surface area contributed by atoms with Gasteiger partial charge in [0.05, 0.1) is 11.4 Å². The van der Waals surface area contributed by atoms with Crippen molar-refractivity contribution >= 4 is 18.4 Å². The van der Waals surface area contributed by atoms with Crippen LogP contribution in [0.25, 0.3) is 0 Å². The zero-order valence-corrected chi connectivity index (χ0v) is 16.3. The molecule has 1 aliphatic rings. The first kappa shape index (κ1) is 19.8. The number of anilines is 1. The molecule has 0 spiro atoms. The maximum atomic E-state index is 9.46. The van der Waals surface area contributed by atoms with Crippen molar-refractivity contribution in [1.82, 2.24) is 15.4 Å². The Labute approximate surface area is 166 Å². The van der Waals surface area contributed by atoms with Crippen molar-refractivity contribution in [2.24, 2.45) is 16.2 Å². The van der Waals surface area contributed by atoms with Crippen LogP contribution >= 0.6 is 0 Å². The smallest absolute Gasteiger partial charge is 0.222 e. The van der Waals surface area contributed by atoms with Crippen LogP contribution in [0.2, 0.25) is 0 Å². The van der Waals surface area contributed by atoms with E-state index < -0.39 is 0 Å². The summed E-state index contributed by atoms with van der Waals surface area (Å²) in [6.45, 7) is 7.26. The van der Waals surface area contributed by atoms with Crippen molar-refractivity contribution in [2.75, 3.05) is 18.4 Å². The third-order valence-electron chi connectivity index (χ3n) is 5.16. The number of nitrogens with zero attached hydrogens (tertiary/aromatic N) is 4. The summed E-state index contributed by atoms with van der Waals surface area (Å²) in [5.41, 5.74) is 6.57. The number of fused-ring (bicyclic) bond motifs is 1. The number of rotatable bonds is 9. The Morgan fingerprint density at radius 1 is 1.29 bits per heavy atom. The first-order chi connectivity index (χ1) is 13.7. The van der Waals surface area contributed by atoms with E-state index in [9.17, 15) is 5.21 Å². The molecule has 1 heterocycles. The molecule has 0 bridgehead atoms. The van der Waals surface area contributed by atoms with Crippen LogP contribution in [0, 0.1) is 5.92 Å². The second-order valence-electron chi connectivity index (χ2n) is 7.31. The molecule has 0 saturated carbocycles. The van der Waals surface area contributed by atoms with Crippen LogP contribution < -0.4 is 10.7 Å². The van der Waals surface area contributed by atoms with Crippen molar-refractivity contribution in [2.45, 2.75) is 38.5 Å². The summed E-state index contributed by atoms with van der Waals surface area (Å²) in [7, 11) is 0. The Kier molecular flexibility index (Phi) is 6.94. The van der Waals surface area contributed by atoms with Gasteiger partial charge in [-0.25, -0.2) is 9.97 Å². The average Bonchev–Trinajstić information content (AvgIpc) is 2.74. The molecule has 2 atom stereocenters. The summed E-state index contributed by atoms with van der Waals surface area (Å²) < 4.78 is 0. The third-order valence-corrected chi connectivity index (χ3v) is 5.16. The number of hydrogen-bond donors (Lipinski definition) is 3. The largest absolute Gasteiger partial charge is 0.411 e. The summed E-state index contributed by atoms with van der Waals surface area (Å²) in [5, 5.41) is 20.0. The number of benzene rings is 1. The van der Waals surface area contributed by atoms with Gasteiger partial charge in [-0.3, -0.25) is 0 Å². The lowest BCUT2D eigenvalue weighted by Gasteiger charge is -2.25. The van der Waals surface area contributed by atoms with Gasteiger partial charge in [0.2, 0.25) is 5.95 Å². The van der Waals surface area contributed by atoms with Crippen molar-refractivity contribution in [1.29, 1.82) is 0 Å². The van der Waals surface area contributed by atoms with Crippen molar-refractivity contribution in [3.63, 3.8) is 0 Å². The lowest BCUT2D eigenvalue weighted by molar-refractivity contribution is 0.316. The Bertz CT molecular complexity index is 808. The van der Waals surface area contributed by atoms with Crippen molar-refractivity contribution in [3.05, 3.63) is 53.3 Å². The number of nitrogens with one attached hydrogen (secondary N) is 2. The topological polar surface area (TPSA) is 94.8 Å². The van der Waals surface area contributed by atoms with Crippen LogP contribution in [0.4, 0.5) is 5.95 Å². The summed E-state index contributed by atoms with van der Waals surface area (Å²) in [6.07, 6.45) is 5.37. The molecule has 28 heavy (non-hydrogen) atoms. The highest BCUT2D eigenvalue weighted by molar-refractivity contribution is 6.02. The van der Waals surface area contributed by atoms with Gasteiger partial charge < -0.3 is 15.9 Å². The molecule has 1 aromatic carbocycles. The van der Waals surface area contributed by atoms with Gasteiger partial charge in [0.15, 0.2) is 0 Å². The average molecular weight is 380 g/mol. The first-order valence-corrected chi connectivity index (χ1v) is 9.76. The van der Waals surface area contributed by atoms with Crippen LogP contribution in [0.15, 0.2) is 46.8 Å². The van der Waals surface area contributed by atoms with E-state index in [1.54, 1.807) is 6.20 Å². The van der Waals surface area contributed by atoms with Gasteiger partial charge in [-0.05, 0) is 36.7 Å². The molecule has 0 fully saturated rings. The minimum absolute atomic E-state index is 0.258. The molecule has 1 aliphatic carbocycles. The standard InChI is InChI=1S/C21H28N6O/c1-15(13-25-22-2)7-6-10-23-21-24-14-18-19(26-21)11-17(12-20(18)27-28)16-8-4-3-5-9-16/h3-5,8-9,14-15,17,25,28H,2,6-7,10-13H2,1H3,(H,23,24,26)/b27-20+. The van der Waals surface area contributed by atoms with Gasteiger partial charge >= 0.3 is 0 Å². The Morgan fingerprint density at radius 3 is 2.86 bits per heavy atom. The lowest BCUT2D eigenvalue weighted by Crippen LogP contribution is -2.22. The van der Waals surface area contributed by atoms with E-state index in [-0.39, 0.29) is 5.92 Å². The second kappa shape index (κ2) is 9.82. The molecule has 3 N–H and O–H groups in total. The number of hydrogen-bond acceptors (Lipinski definition) is 7. The minimum Gasteiger partial charge on any atom is -0.411 e. The number of aromatic nitrogens is 2. The molecule has 148 valence electrons. The molecule has 0 saturated heterocycles. The fourth-order valence-corrected chi connectivity index (χ4v) is 3.58. The van der Waals surface area contributed by atoms with E-state index in [0.29, 0.717) is 24.0 Å². The molecular weight excluding hydrogens is 352 g/mol. The van der Waals surface area contributed by atoms with Gasteiger partial charge in [0.1, 0.15) is 0 Å². The monoisotopic (exact) mass is 380 g/mol. The number of oxime groups is 1.